The van der Waals surface area contributed by atoms with Gasteiger partial charge in [-0.25, -0.2) is 0 Å². The molecule has 0 radical (unpaired) electrons. The van der Waals surface area contributed by atoms with Crippen LogP contribution in [0.1, 0.15) is 26.3 Å². The van der Waals surface area contributed by atoms with Gasteiger partial charge in [0.2, 0.25) is 0 Å². The van der Waals surface area contributed by atoms with Gasteiger partial charge in [0.25, 0.3) is 11.8 Å². The normalized spacial score (nSPS) is 10.1. The molecule has 0 fully saturated rings. The summed E-state index contributed by atoms with van der Waals surface area (Å²) >= 11 is 7.31. The topological polar surface area (TPSA) is 70.2 Å². The lowest BCUT2D eigenvalue weighted by Crippen LogP contribution is -2.34. The SMILES string of the molecule is O=C(NCc1ccccc1)c1ccc(NC(=S)NC(=O)c2ccccc2I)cc1. The third-order valence-corrected chi connectivity index (χ3v) is 5.19. The van der Waals surface area contributed by atoms with Crippen molar-refractivity contribution in [3.8, 4) is 0 Å². The number of hydrogen-bond acceptors (Lipinski definition) is 3. The fourth-order valence-electron chi connectivity index (χ4n) is 2.56. The van der Waals surface area contributed by atoms with Gasteiger partial charge in [-0.15, -0.1) is 0 Å². The van der Waals surface area contributed by atoms with Crippen molar-refractivity contribution in [2.24, 2.45) is 0 Å². The molecular weight excluding hydrogens is 497 g/mol. The average molecular weight is 515 g/mol. The summed E-state index contributed by atoms with van der Waals surface area (Å²) in [5.74, 6) is -0.431. The van der Waals surface area contributed by atoms with Crippen LogP contribution in [0.2, 0.25) is 0 Å². The van der Waals surface area contributed by atoms with E-state index in [4.69, 9.17) is 12.2 Å². The molecule has 0 atom stereocenters. The summed E-state index contributed by atoms with van der Waals surface area (Å²) in [7, 11) is 0. The minimum absolute atomic E-state index is 0.157. The van der Waals surface area contributed by atoms with Gasteiger partial charge in [-0.3, -0.25) is 14.9 Å². The van der Waals surface area contributed by atoms with E-state index in [-0.39, 0.29) is 16.9 Å². The highest BCUT2D eigenvalue weighted by atomic mass is 127. The lowest BCUT2D eigenvalue weighted by Gasteiger charge is -2.11. The van der Waals surface area contributed by atoms with Crippen LogP contribution < -0.4 is 16.0 Å². The average Bonchev–Trinajstić information content (AvgIpc) is 2.73. The first-order chi connectivity index (χ1) is 14.0. The maximum Gasteiger partial charge on any atom is 0.258 e. The Hall–Kier alpha value is -2.78. The lowest BCUT2D eigenvalue weighted by atomic mass is 10.2. The van der Waals surface area contributed by atoms with E-state index in [1.807, 2.05) is 42.5 Å². The van der Waals surface area contributed by atoms with Gasteiger partial charge in [0.05, 0.1) is 5.56 Å². The second kappa shape index (κ2) is 10.1. The molecule has 2 amide bonds. The number of anilines is 1. The number of carbonyl (C=O) groups is 2. The quantitative estimate of drug-likeness (QED) is 0.349. The Morgan fingerprint density at radius 1 is 0.828 bits per heavy atom. The van der Waals surface area contributed by atoms with Gasteiger partial charge in [0.15, 0.2) is 5.11 Å². The van der Waals surface area contributed by atoms with Crippen molar-refractivity contribution in [1.29, 1.82) is 0 Å². The van der Waals surface area contributed by atoms with Gasteiger partial charge in [-0.2, -0.15) is 0 Å². The standard InChI is InChI=1S/C22H18IN3O2S/c23-19-9-5-4-8-18(19)21(28)26-22(29)25-17-12-10-16(11-13-17)20(27)24-14-15-6-2-1-3-7-15/h1-13H,14H2,(H,24,27)(H2,25,26,28,29). The Morgan fingerprint density at radius 2 is 1.48 bits per heavy atom. The smallest absolute Gasteiger partial charge is 0.258 e. The third-order valence-electron chi connectivity index (χ3n) is 4.05. The van der Waals surface area contributed by atoms with Crippen LogP contribution in [0, 0.1) is 3.57 Å². The summed E-state index contributed by atoms with van der Waals surface area (Å²) in [6, 6.07) is 23.9. The molecule has 3 aromatic rings. The van der Waals surface area contributed by atoms with Crippen molar-refractivity contribution in [2.75, 3.05) is 5.32 Å². The summed E-state index contributed by atoms with van der Waals surface area (Å²) in [6.45, 7) is 0.466. The van der Waals surface area contributed by atoms with E-state index in [0.717, 1.165) is 9.13 Å². The van der Waals surface area contributed by atoms with E-state index in [1.54, 1.807) is 36.4 Å². The van der Waals surface area contributed by atoms with Gasteiger partial charge >= 0.3 is 0 Å². The summed E-state index contributed by atoms with van der Waals surface area (Å²) in [5, 5.41) is 8.68. The summed E-state index contributed by atoms with van der Waals surface area (Å²) in [6.07, 6.45) is 0. The molecule has 5 nitrogen and oxygen atoms in total. The number of hydrogen-bond donors (Lipinski definition) is 3. The van der Waals surface area contributed by atoms with Crippen molar-refractivity contribution in [3.63, 3.8) is 0 Å². The molecule has 0 saturated carbocycles. The molecule has 3 aromatic carbocycles. The molecule has 146 valence electrons. The molecule has 3 rings (SSSR count). The minimum Gasteiger partial charge on any atom is -0.348 e. The Balaban J connectivity index is 1.53. The first-order valence-electron chi connectivity index (χ1n) is 8.82. The van der Waals surface area contributed by atoms with Crippen molar-refractivity contribution in [1.82, 2.24) is 10.6 Å². The summed E-state index contributed by atoms with van der Waals surface area (Å²) in [4.78, 5) is 24.6. The minimum atomic E-state index is -0.274. The zero-order valence-corrected chi connectivity index (χ0v) is 18.3. The molecule has 0 aliphatic rings. The zero-order valence-electron chi connectivity index (χ0n) is 15.3. The van der Waals surface area contributed by atoms with Crippen LogP contribution in [-0.2, 0) is 6.54 Å². The molecule has 7 heteroatoms. The first kappa shape index (κ1) is 20.9. The molecule has 29 heavy (non-hydrogen) atoms. The van der Waals surface area contributed by atoms with Crippen LogP contribution >= 0.6 is 34.8 Å². The number of halogens is 1. The van der Waals surface area contributed by atoms with Crippen molar-refractivity contribution >= 4 is 57.4 Å². The molecule has 0 aliphatic carbocycles. The monoisotopic (exact) mass is 515 g/mol. The van der Waals surface area contributed by atoms with Gasteiger partial charge < -0.3 is 10.6 Å². The van der Waals surface area contributed by atoms with E-state index in [1.165, 1.54) is 0 Å². The maximum absolute atomic E-state index is 12.3. The number of benzene rings is 3. The number of nitrogens with one attached hydrogen (secondary N) is 3. The maximum atomic E-state index is 12.3. The number of thiocarbonyl (C=S) groups is 1. The van der Waals surface area contributed by atoms with Gasteiger partial charge in [-0.05, 0) is 76.8 Å². The predicted octanol–water partition coefficient (Wildman–Crippen LogP) is 4.35. The fraction of sp³-hybridized carbons (Fsp3) is 0.0455. The number of carbonyl (C=O) groups excluding carboxylic acids is 2. The number of rotatable bonds is 5. The number of amides is 2. The third kappa shape index (κ3) is 6.10. The van der Waals surface area contributed by atoms with E-state index >= 15 is 0 Å². The van der Waals surface area contributed by atoms with E-state index < -0.39 is 0 Å². The predicted molar refractivity (Wildman–Crippen MR) is 127 cm³/mol. The molecule has 0 bridgehead atoms. The Labute approximate surface area is 188 Å². The largest absolute Gasteiger partial charge is 0.348 e. The summed E-state index contributed by atoms with van der Waals surface area (Å²) < 4.78 is 0.844. The Kier molecular flexibility index (Phi) is 7.31. The van der Waals surface area contributed by atoms with Crippen molar-refractivity contribution in [3.05, 3.63) is 99.1 Å². The van der Waals surface area contributed by atoms with E-state index in [2.05, 4.69) is 38.5 Å². The van der Waals surface area contributed by atoms with E-state index in [0.29, 0.717) is 23.4 Å². The zero-order chi connectivity index (χ0) is 20.6. The van der Waals surface area contributed by atoms with Crippen molar-refractivity contribution in [2.45, 2.75) is 6.54 Å². The Morgan fingerprint density at radius 3 is 2.17 bits per heavy atom. The highest BCUT2D eigenvalue weighted by Gasteiger charge is 2.11. The fourth-order valence-corrected chi connectivity index (χ4v) is 3.41. The van der Waals surface area contributed by atoms with Gasteiger partial charge in [-0.1, -0.05) is 42.5 Å². The highest BCUT2D eigenvalue weighted by Crippen LogP contribution is 2.12. The van der Waals surface area contributed by atoms with Crippen LogP contribution in [0.4, 0.5) is 5.69 Å². The highest BCUT2D eigenvalue weighted by molar-refractivity contribution is 14.1. The molecule has 0 heterocycles. The molecule has 0 aromatic heterocycles. The van der Waals surface area contributed by atoms with Crippen LogP contribution in [0.15, 0.2) is 78.9 Å². The molecular formula is C22H18IN3O2S. The molecule has 0 unspecified atom stereocenters. The molecule has 0 spiro atoms. The van der Waals surface area contributed by atoms with Crippen molar-refractivity contribution < 1.29 is 9.59 Å². The Bertz CT molecular complexity index is 1020. The van der Waals surface area contributed by atoms with Crippen LogP contribution in [0.3, 0.4) is 0 Å². The van der Waals surface area contributed by atoms with Crippen LogP contribution in [0.25, 0.3) is 0 Å². The molecule has 0 saturated heterocycles. The van der Waals surface area contributed by atoms with Gasteiger partial charge in [0, 0.05) is 21.4 Å². The summed E-state index contributed by atoms with van der Waals surface area (Å²) in [5.41, 5.74) is 2.81. The second-order valence-electron chi connectivity index (χ2n) is 6.13. The van der Waals surface area contributed by atoms with Gasteiger partial charge in [0.1, 0.15) is 0 Å². The molecule has 0 aliphatic heterocycles. The lowest BCUT2D eigenvalue weighted by molar-refractivity contribution is 0.0948. The first-order valence-corrected chi connectivity index (χ1v) is 10.3. The van der Waals surface area contributed by atoms with Crippen LogP contribution in [0.5, 0.6) is 0 Å². The molecule has 3 N–H and O–H groups in total. The second-order valence-corrected chi connectivity index (χ2v) is 7.70. The van der Waals surface area contributed by atoms with E-state index in [9.17, 15) is 9.59 Å². The van der Waals surface area contributed by atoms with Crippen LogP contribution in [-0.4, -0.2) is 16.9 Å².